The highest BCUT2D eigenvalue weighted by atomic mass is 16.5. The zero-order valence-corrected chi connectivity index (χ0v) is 7.42. The number of rotatable bonds is 1. The number of hydrogen-bond donors (Lipinski definition) is 1. The van der Waals surface area contributed by atoms with Crippen LogP contribution in [0.3, 0.4) is 0 Å². The fourth-order valence-electron chi connectivity index (χ4n) is 1.48. The van der Waals surface area contributed by atoms with E-state index in [-0.39, 0.29) is 11.6 Å². The molecule has 1 rings (SSSR count). The van der Waals surface area contributed by atoms with Gasteiger partial charge in [-0.1, -0.05) is 0 Å². The summed E-state index contributed by atoms with van der Waals surface area (Å²) in [7, 11) is 0. The van der Waals surface area contributed by atoms with Crippen molar-refractivity contribution in [2.75, 3.05) is 6.54 Å². The van der Waals surface area contributed by atoms with Crippen LogP contribution >= 0.6 is 0 Å². The fourth-order valence-corrected chi connectivity index (χ4v) is 1.48. The first-order chi connectivity index (χ1) is 5.03. The first kappa shape index (κ1) is 8.53. The first-order valence-corrected chi connectivity index (χ1v) is 3.99. The summed E-state index contributed by atoms with van der Waals surface area (Å²) in [6.07, 6.45) is 1.22. The van der Waals surface area contributed by atoms with Crippen molar-refractivity contribution in [2.45, 2.75) is 38.8 Å². The Balaban J connectivity index is 2.74. The molecule has 0 bridgehead atoms. The number of aliphatic imine (C=N–C) groups is 1. The van der Waals surface area contributed by atoms with Crippen LogP contribution < -0.4 is 5.73 Å². The summed E-state index contributed by atoms with van der Waals surface area (Å²) < 4.78 is 5.40. The Morgan fingerprint density at radius 2 is 2.36 bits per heavy atom. The predicted molar refractivity (Wildman–Crippen MR) is 45.7 cm³/mol. The van der Waals surface area contributed by atoms with Crippen LogP contribution in [0.5, 0.6) is 0 Å². The maximum absolute atomic E-state index is 5.43. The van der Waals surface area contributed by atoms with Gasteiger partial charge in [0.2, 0.25) is 0 Å². The van der Waals surface area contributed by atoms with Crippen molar-refractivity contribution in [3.63, 3.8) is 0 Å². The SMILES string of the molecule is CC1CC(C)(C)N=C(CN)O1. The molecule has 64 valence electrons. The molecule has 0 fully saturated rings. The molecule has 1 unspecified atom stereocenters. The monoisotopic (exact) mass is 156 g/mol. The molecule has 0 saturated carbocycles. The van der Waals surface area contributed by atoms with Gasteiger partial charge in [-0.15, -0.1) is 0 Å². The Hall–Kier alpha value is -0.570. The van der Waals surface area contributed by atoms with E-state index in [0.717, 1.165) is 6.42 Å². The minimum absolute atomic E-state index is 0.00632. The third kappa shape index (κ3) is 2.19. The Morgan fingerprint density at radius 1 is 1.73 bits per heavy atom. The summed E-state index contributed by atoms with van der Waals surface area (Å²) in [5.41, 5.74) is 5.44. The van der Waals surface area contributed by atoms with E-state index in [9.17, 15) is 0 Å². The van der Waals surface area contributed by atoms with Crippen LogP contribution in [-0.2, 0) is 4.74 Å². The Labute approximate surface area is 67.6 Å². The highest BCUT2D eigenvalue weighted by Crippen LogP contribution is 2.23. The average molecular weight is 156 g/mol. The van der Waals surface area contributed by atoms with Gasteiger partial charge in [0.05, 0.1) is 18.2 Å². The van der Waals surface area contributed by atoms with Gasteiger partial charge in [-0.25, -0.2) is 4.99 Å². The minimum atomic E-state index is 0.00632. The van der Waals surface area contributed by atoms with Crippen LogP contribution in [0.2, 0.25) is 0 Å². The second-order valence-corrected chi connectivity index (χ2v) is 3.65. The molecule has 0 spiro atoms. The van der Waals surface area contributed by atoms with Crippen molar-refractivity contribution in [3.05, 3.63) is 0 Å². The average Bonchev–Trinajstić information content (AvgIpc) is 1.83. The molecule has 1 aliphatic heterocycles. The van der Waals surface area contributed by atoms with Gasteiger partial charge >= 0.3 is 0 Å². The molecule has 11 heavy (non-hydrogen) atoms. The molecule has 0 aliphatic carbocycles. The summed E-state index contributed by atoms with van der Waals surface area (Å²) in [6, 6.07) is 0. The lowest BCUT2D eigenvalue weighted by molar-refractivity contribution is 0.142. The van der Waals surface area contributed by atoms with Crippen molar-refractivity contribution >= 4 is 5.90 Å². The highest BCUT2D eigenvalue weighted by Gasteiger charge is 2.26. The number of nitrogens with zero attached hydrogens (tertiary/aromatic N) is 1. The quantitative estimate of drug-likeness (QED) is 0.614. The summed E-state index contributed by atoms with van der Waals surface area (Å²) in [6.45, 7) is 6.66. The van der Waals surface area contributed by atoms with E-state index < -0.39 is 0 Å². The van der Waals surface area contributed by atoms with Crippen LogP contribution in [0.25, 0.3) is 0 Å². The second-order valence-electron chi connectivity index (χ2n) is 3.65. The Morgan fingerprint density at radius 3 is 2.82 bits per heavy atom. The van der Waals surface area contributed by atoms with Crippen molar-refractivity contribution < 1.29 is 4.74 Å². The predicted octanol–water partition coefficient (Wildman–Crippen LogP) is 0.931. The molecule has 0 aromatic rings. The third-order valence-electron chi connectivity index (χ3n) is 1.73. The lowest BCUT2D eigenvalue weighted by atomic mass is 9.97. The number of nitrogens with two attached hydrogens (primary N) is 1. The maximum atomic E-state index is 5.43. The van der Waals surface area contributed by atoms with Crippen LogP contribution in [-0.4, -0.2) is 24.1 Å². The first-order valence-electron chi connectivity index (χ1n) is 3.99. The Bertz CT molecular complexity index is 175. The summed E-state index contributed by atoms with van der Waals surface area (Å²) in [4.78, 5) is 4.35. The van der Waals surface area contributed by atoms with Crippen molar-refractivity contribution in [1.82, 2.24) is 0 Å². The largest absolute Gasteiger partial charge is 0.477 e. The normalized spacial score (nSPS) is 29.1. The van der Waals surface area contributed by atoms with Gasteiger partial charge in [-0.2, -0.15) is 0 Å². The number of ether oxygens (including phenoxy) is 1. The molecule has 0 aromatic carbocycles. The van der Waals surface area contributed by atoms with E-state index in [0.29, 0.717) is 12.4 Å². The minimum Gasteiger partial charge on any atom is -0.477 e. The molecular formula is C8H16N2O. The molecule has 0 aromatic heterocycles. The lowest BCUT2D eigenvalue weighted by Crippen LogP contribution is -2.36. The van der Waals surface area contributed by atoms with Crippen molar-refractivity contribution in [3.8, 4) is 0 Å². The van der Waals surface area contributed by atoms with Crippen molar-refractivity contribution in [2.24, 2.45) is 10.7 Å². The standard InChI is InChI=1S/C8H16N2O/c1-6-4-8(2,3)10-7(5-9)11-6/h6H,4-5,9H2,1-3H3. The van der Waals surface area contributed by atoms with E-state index in [1.807, 2.05) is 6.92 Å². The highest BCUT2D eigenvalue weighted by molar-refractivity contribution is 5.79. The van der Waals surface area contributed by atoms with Crippen LogP contribution in [0.4, 0.5) is 0 Å². The van der Waals surface area contributed by atoms with Gasteiger partial charge in [-0.05, 0) is 20.8 Å². The Kier molecular flexibility index (Phi) is 2.18. The molecule has 1 atom stereocenters. The molecule has 0 radical (unpaired) electrons. The molecule has 0 amide bonds. The van der Waals surface area contributed by atoms with Gasteiger partial charge in [0.15, 0.2) is 5.90 Å². The van der Waals surface area contributed by atoms with Gasteiger partial charge in [0.25, 0.3) is 0 Å². The van der Waals surface area contributed by atoms with E-state index in [2.05, 4.69) is 18.8 Å². The lowest BCUT2D eigenvalue weighted by Gasteiger charge is -2.31. The zero-order chi connectivity index (χ0) is 8.48. The molecular weight excluding hydrogens is 140 g/mol. The smallest absolute Gasteiger partial charge is 0.198 e. The molecule has 0 saturated heterocycles. The van der Waals surface area contributed by atoms with E-state index in [1.165, 1.54) is 0 Å². The van der Waals surface area contributed by atoms with Crippen LogP contribution in [0.1, 0.15) is 27.2 Å². The maximum Gasteiger partial charge on any atom is 0.198 e. The van der Waals surface area contributed by atoms with Gasteiger partial charge < -0.3 is 10.5 Å². The van der Waals surface area contributed by atoms with Crippen LogP contribution in [0, 0.1) is 0 Å². The topological polar surface area (TPSA) is 47.6 Å². The van der Waals surface area contributed by atoms with E-state index >= 15 is 0 Å². The van der Waals surface area contributed by atoms with E-state index in [4.69, 9.17) is 10.5 Å². The third-order valence-corrected chi connectivity index (χ3v) is 1.73. The van der Waals surface area contributed by atoms with Gasteiger partial charge in [0, 0.05) is 6.42 Å². The fraction of sp³-hybridized carbons (Fsp3) is 0.875. The van der Waals surface area contributed by atoms with Crippen LogP contribution in [0.15, 0.2) is 4.99 Å². The summed E-state index contributed by atoms with van der Waals surface area (Å²) >= 11 is 0. The summed E-state index contributed by atoms with van der Waals surface area (Å²) in [5, 5.41) is 0. The molecule has 3 nitrogen and oxygen atoms in total. The molecule has 1 heterocycles. The van der Waals surface area contributed by atoms with Gasteiger partial charge in [-0.3, -0.25) is 0 Å². The second kappa shape index (κ2) is 2.81. The van der Waals surface area contributed by atoms with Crippen molar-refractivity contribution in [1.29, 1.82) is 0 Å². The molecule has 2 N–H and O–H groups in total. The molecule has 3 heteroatoms. The molecule has 1 aliphatic rings. The summed E-state index contributed by atoms with van der Waals surface area (Å²) in [5.74, 6) is 0.689. The van der Waals surface area contributed by atoms with Gasteiger partial charge in [0.1, 0.15) is 0 Å². The zero-order valence-electron chi connectivity index (χ0n) is 7.42. The van der Waals surface area contributed by atoms with E-state index in [1.54, 1.807) is 0 Å². The number of hydrogen-bond acceptors (Lipinski definition) is 3.